The van der Waals surface area contributed by atoms with Crippen LogP contribution in [0.5, 0.6) is 0 Å². The largest absolute Gasteiger partial charge is 0.442 e. The van der Waals surface area contributed by atoms with Crippen molar-refractivity contribution in [1.82, 2.24) is 19.8 Å². The first-order chi connectivity index (χ1) is 17.6. The molecule has 2 aliphatic rings. The van der Waals surface area contributed by atoms with Crippen LogP contribution in [-0.2, 0) is 16.1 Å². The normalized spacial score (nSPS) is 19.1. The quantitative estimate of drug-likeness (QED) is 0.364. The Kier molecular flexibility index (Phi) is 7.88. The molecule has 0 radical (unpaired) electrons. The first kappa shape index (κ1) is 26.3. The number of piperazine rings is 1. The number of aliphatic hydroxyl groups excluding tert-OH is 1. The smallest absolute Gasteiger partial charge is 0.414 e. The van der Waals surface area contributed by atoms with Crippen LogP contribution < -0.4 is 15.1 Å². The maximum absolute atomic E-state index is 15.0. The predicted octanol–water partition coefficient (Wildman–Crippen LogP) is 0.883. The summed E-state index contributed by atoms with van der Waals surface area (Å²) in [5, 5.41) is 24.3. The molecule has 0 saturated carbocycles. The van der Waals surface area contributed by atoms with Crippen molar-refractivity contribution >= 4 is 29.2 Å². The number of nitrogens with one attached hydrogen (secondary N) is 1. The standard InChI is InChI=1S/C23H30FN7O6/c1-15-25-11-22(31(35)36)29(15)13-18(33)12-27-5-7-28(8-6-27)21-4-3-17(9-20(21)24)30-14-19(37-23(30)34)10-26-16(2)32/h3-4,9,11,18-19,33H,5-8,10,12-14H2,1-2H3,(H,26,32)/t18-,19-/m0/s1. The lowest BCUT2D eigenvalue weighted by Crippen LogP contribution is -2.49. The zero-order chi connectivity index (χ0) is 26.7. The molecule has 14 heteroatoms. The Bertz CT molecular complexity index is 1170. The highest BCUT2D eigenvalue weighted by atomic mass is 19.1. The molecule has 2 saturated heterocycles. The average Bonchev–Trinajstić information content (AvgIpc) is 3.40. The van der Waals surface area contributed by atoms with Crippen LogP contribution in [0.15, 0.2) is 24.4 Å². The molecule has 2 amide bonds. The third-order valence-electron chi connectivity index (χ3n) is 6.49. The topological polar surface area (TPSA) is 146 Å². The molecule has 0 unspecified atom stereocenters. The zero-order valence-electron chi connectivity index (χ0n) is 20.7. The van der Waals surface area contributed by atoms with Gasteiger partial charge in [0.1, 0.15) is 30.8 Å². The van der Waals surface area contributed by atoms with Crippen LogP contribution in [0, 0.1) is 22.9 Å². The number of ether oxygens (including phenoxy) is 1. The molecule has 0 bridgehead atoms. The third-order valence-corrected chi connectivity index (χ3v) is 6.49. The monoisotopic (exact) mass is 519 g/mol. The van der Waals surface area contributed by atoms with Gasteiger partial charge in [-0.05, 0) is 23.1 Å². The van der Waals surface area contributed by atoms with E-state index in [1.807, 2.05) is 9.80 Å². The minimum absolute atomic E-state index is 0.0586. The lowest BCUT2D eigenvalue weighted by molar-refractivity contribution is -0.392. The number of halogens is 1. The van der Waals surface area contributed by atoms with E-state index in [1.54, 1.807) is 19.1 Å². The molecule has 2 atom stereocenters. The summed E-state index contributed by atoms with van der Waals surface area (Å²) in [5.74, 6) is -0.394. The minimum Gasteiger partial charge on any atom is -0.442 e. The molecular weight excluding hydrogens is 489 g/mol. The maximum Gasteiger partial charge on any atom is 0.414 e. The number of hydrogen-bond donors (Lipinski definition) is 2. The van der Waals surface area contributed by atoms with Crippen LogP contribution in [0.4, 0.5) is 26.4 Å². The van der Waals surface area contributed by atoms with Gasteiger partial charge in [0.2, 0.25) is 5.91 Å². The Morgan fingerprint density at radius 1 is 1.32 bits per heavy atom. The van der Waals surface area contributed by atoms with Crippen molar-refractivity contribution in [2.75, 3.05) is 55.6 Å². The van der Waals surface area contributed by atoms with Crippen molar-refractivity contribution in [3.8, 4) is 0 Å². The number of carbonyl (C=O) groups excluding carboxylic acids is 2. The number of benzene rings is 1. The highest BCUT2D eigenvalue weighted by molar-refractivity contribution is 5.90. The van der Waals surface area contributed by atoms with Gasteiger partial charge in [-0.15, -0.1) is 0 Å². The summed E-state index contributed by atoms with van der Waals surface area (Å²) in [6.45, 7) is 6.01. The summed E-state index contributed by atoms with van der Waals surface area (Å²) in [6.07, 6.45) is -0.751. The van der Waals surface area contributed by atoms with Crippen LogP contribution in [-0.4, -0.2) is 94.5 Å². The number of imidazole rings is 1. The van der Waals surface area contributed by atoms with Gasteiger partial charge in [-0.25, -0.2) is 18.7 Å². The Morgan fingerprint density at radius 2 is 2.05 bits per heavy atom. The van der Waals surface area contributed by atoms with Gasteiger partial charge < -0.3 is 30.2 Å². The lowest BCUT2D eigenvalue weighted by atomic mass is 10.2. The van der Waals surface area contributed by atoms with Crippen LogP contribution in [0.25, 0.3) is 0 Å². The number of carbonyl (C=O) groups is 2. The summed E-state index contributed by atoms with van der Waals surface area (Å²) in [4.78, 5) is 43.2. The van der Waals surface area contributed by atoms with Gasteiger partial charge in [-0.2, -0.15) is 0 Å². The van der Waals surface area contributed by atoms with Crippen LogP contribution in [0.1, 0.15) is 12.7 Å². The highest BCUT2D eigenvalue weighted by Gasteiger charge is 2.33. The molecule has 200 valence electrons. The van der Waals surface area contributed by atoms with Crippen LogP contribution in [0.3, 0.4) is 0 Å². The van der Waals surface area contributed by atoms with Crippen molar-refractivity contribution in [3.63, 3.8) is 0 Å². The molecule has 1 aromatic heterocycles. The fourth-order valence-corrected chi connectivity index (χ4v) is 4.58. The molecular formula is C23H30FN7O6. The van der Waals surface area contributed by atoms with Crippen molar-refractivity contribution in [3.05, 3.63) is 46.2 Å². The number of hydrogen-bond acceptors (Lipinski definition) is 9. The van der Waals surface area contributed by atoms with E-state index in [-0.39, 0.29) is 31.4 Å². The number of β-amino-alcohol motifs (C(OH)–C–C–N with tert-alkyl or cyclic N) is 1. The Balaban J connectivity index is 1.30. The zero-order valence-corrected chi connectivity index (χ0v) is 20.7. The summed E-state index contributed by atoms with van der Waals surface area (Å²) in [6, 6.07) is 4.59. The minimum atomic E-state index is -0.830. The number of cyclic esters (lactones) is 1. The Hall–Kier alpha value is -3.78. The molecule has 1 aromatic carbocycles. The molecule has 13 nitrogen and oxygen atoms in total. The van der Waals surface area contributed by atoms with Gasteiger partial charge in [0.05, 0.1) is 24.5 Å². The maximum atomic E-state index is 15.0. The molecule has 37 heavy (non-hydrogen) atoms. The van der Waals surface area contributed by atoms with E-state index in [0.29, 0.717) is 49.9 Å². The van der Waals surface area contributed by atoms with E-state index in [9.17, 15) is 24.8 Å². The number of aliphatic hydroxyl groups is 1. The molecule has 2 aliphatic heterocycles. The first-order valence-corrected chi connectivity index (χ1v) is 12.0. The van der Waals surface area contributed by atoms with Crippen LogP contribution in [0.2, 0.25) is 0 Å². The van der Waals surface area contributed by atoms with Gasteiger partial charge >= 0.3 is 11.9 Å². The van der Waals surface area contributed by atoms with E-state index >= 15 is 4.39 Å². The summed E-state index contributed by atoms with van der Waals surface area (Å²) < 4.78 is 21.7. The summed E-state index contributed by atoms with van der Waals surface area (Å²) >= 11 is 0. The third kappa shape index (κ3) is 6.14. The number of nitro groups is 1. The van der Waals surface area contributed by atoms with Gasteiger partial charge in [-0.1, -0.05) is 0 Å². The van der Waals surface area contributed by atoms with Gasteiger partial charge in [0.25, 0.3) is 0 Å². The van der Waals surface area contributed by atoms with E-state index in [0.717, 1.165) is 0 Å². The van der Waals surface area contributed by atoms with E-state index in [1.165, 1.54) is 28.7 Å². The lowest BCUT2D eigenvalue weighted by Gasteiger charge is -2.37. The van der Waals surface area contributed by atoms with Gasteiger partial charge in [-0.3, -0.25) is 14.6 Å². The summed E-state index contributed by atoms with van der Waals surface area (Å²) in [7, 11) is 0. The van der Waals surface area contributed by atoms with Gasteiger partial charge in [0.15, 0.2) is 5.82 Å². The van der Waals surface area contributed by atoms with Gasteiger partial charge in [0, 0.05) is 46.6 Å². The molecule has 3 heterocycles. The predicted molar refractivity (Wildman–Crippen MR) is 131 cm³/mol. The molecule has 0 spiro atoms. The molecule has 2 fully saturated rings. The number of rotatable bonds is 9. The summed E-state index contributed by atoms with van der Waals surface area (Å²) in [5.41, 5.74) is 0.790. The SMILES string of the molecule is CC(=O)NC[C@H]1CN(c2ccc(N3CCN(C[C@H](O)Cn4c([N+](=O)[O-])cnc4C)CC3)c(F)c2)C(=O)O1. The molecule has 2 N–H and O–H groups in total. The number of aromatic nitrogens is 2. The van der Waals surface area contributed by atoms with Crippen LogP contribution >= 0.6 is 0 Å². The fraction of sp³-hybridized carbons (Fsp3) is 0.522. The fourth-order valence-electron chi connectivity index (χ4n) is 4.58. The second-order valence-electron chi connectivity index (χ2n) is 9.16. The second kappa shape index (κ2) is 11.1. The molecule has 2 aromatic rings. The second-order valence-corrected chi connectivity index (χ2v) is 9.16. The van der Waals surface area contributed by atoms with Crippen molar-refractivity contribution in [2.45, 2.75) is 32.6 Å². The number of aryl methyl sites for hydroxylation is 1. The Morgan fingerprint density at radius 3 is 2.70 bits per heavy atom. The number of nitrogens with zero attached hydrogens (tertiary/aromatic N) is 6. The number of amides is 2. The van der Waals surface area contributed by atoms with E-state index in [2.05, 4.69) is 10.3 Å². The average molecular weight is 520 g/mol. The molecule has 4 rings (SSSR count). The highest BCUT2D eigenvalue weighted by Crippen LogP contribution is 2.28. The number of anilines is 2. The first-order valence-electron chi connectivity index (χ1n) is 12.0. The molecule has 0 aliphatic carbocycles. The van der Waals surface area contributed by atoms with Crippen molar-refractivity contribution < 1.29 is 28.7 Å². The van der Waals surface area contributed by atoms with Crippen molar-refractivity contribution in [1.29, 1.82) is 0 Å². The van der Waals surface area contributed by atoms with E-state index < -0.39 is 29.0 Å². The Labute approximate surface area is 212 Å². The van der Waals surface area contributed by atoms with E-state index in [4.69, 9.17) is 4.74 Å². The van der Waals surface area contributed by atoms with Crippen molar-refractivity contribution in [2.24, 2.45) is 0 Å².